The molecule has 3 aromatic carbocycles. The van der Waals surface area contributed by atoms with Crippen molar-refractivity contribution in [3.63, 3.8) is 0 Å². The monoisotopic (exact) mass is 430 g/mol. The molecule has 8 heteroatoms. The van der Waals surface area contributed by atoms with E-state index in [0.717, 1.165) is 28.1 Å². The molecule has 1 N–H and O–H groups in total. The summed E-state index contributed by atoms with van der Waals surface area (Å²) in [5, 5.41) is 17.5. The number of hydrazone groups is 1. The van der Waals surface area contributed by atoms with Gasteiger partial charge in [0, 0.05) is 23.1 Å². The van der Waals surface area contributed by atoms with E-state index in [2.05, 4.69) is 15.5 Å². The summed E-state index contributed by atoms with van der Waals surface area (Å²) in [5.74, 6) is 0.766. The predicted molar refractivity (Wildman–Crippen MR) is 123 cm³/mol. The molecule has 0 radical (unpaired) electrons. The second kappa shape index (κ2) is 9.64. The number of benzene rings is 3. The van der Waals surface area contributed by atoms with Gasteiger partial charge in [0.1, 0.15) is 12.4 Å². The third-order valence-electron chi connectivity index (χ3n) is 4.36. The number of rotatable bonds is 8. The van der Waals surface area contributed by atoms with Crippen LogP contribution >= 0.6 is 11.3 Å². The number of anilines is 1. The molecule has 1 heterocycles. The number of nitrogens with zero attached hydrogens (tertiary/aromatic N) is 3. The molecule has 7 nitrogen and oxygen atoms in total. The highest BCUT2D eigenvalue weighted by Gasteiger charge is 2.08. The molecule has 0 fully saturated rings. The highest BCUT2D eigenvalue weighted by atomic mass is 32.1. The molecule has 0 aliphatic carbocycles. The van der Waals surface area contributed by atoms with Crippen molar-refractivity contribution in [1.82, 2.24) is 4.98 Å². The Labute approximate surface area is 182 Å². The molecule has 4 aromatic rings. The maximum absolute atomic E-state index is 10.8. The van der Waals surface area contributed by atoms with E-state index in [4.69, 9.17) is 4.74 Å². The lowest BCUT2D eigenvalue weighted by Gasteiger charge is -2.06. The lowest BCUT2D eigenvalue weighted by molar-refractivity contribution is -0.384. The molecule has 0 aliphatic rings. The number of nitrogens with one attached hydrogen (secondary N) is 1. The van der Waals surface area contributed by atoms with Gasteiger partial charge in [-0.2, -0.15) is 5.10 Å². The summed E-state index contributed by atoms with van der Waals surface area (Å²) in [6, 6.07) is 24.0. The zero-order valence-corrected chi connectivity index (χ0v) is 17.2. The first-order valence-corrected chi connectivity index (χ1v) is 10.3. The molecule has 4 rings (SSSR count). The Morgan fingerprint density at radius 3 is 2.65 bits per heavy atom. The second-order valence-electron chi connectivity index (χ2n) is 6.56. The standard InChI is InChI=1S/C23H18N4O3S/c28-27(29)20-11-9-19(10-12-20)22-16-31-23(25-22)26-24-14-18-7-4-8-21(13-18)30-15-17-5-2-1-3-6-17/h1-14,16H,15H2,(H,25,26)/b24-14+. The van der Waals surface area contributed by atoms with Gasteiger partial charge in [0.25, 0.3) is 5.69 Å². The fraction of sp³-hybridized carbons (Fsp3) is 0.0435. The predicted octanol–water partition coefficient (Wildman–Crippen LogP) is 5.74. The van der Waals surface area contributed by atoms with E-state index in [1.165, 1.54) is 23.5 Å². The molecular formula is C23H18N4O3S. The van der Waals surface area contributed by atoms with Crippen molar-refractivity contribution in [2.75, 3.05) is 5.43 Å². The minimum atomic E-state index is -0.422. The van der Waals surface area contributed by atoms with Gasteiger partial charge in [-0.15, -0.1) is 11.3 Å². The Morgan fingerprint density at radius 2 is 1.87 bits per heavy atom. The van der Waals surface area contributed by atoms with Crippen molar-refractivity contribution in [3.05, 3.63) is 105 Å². The Balaban J connectivity index is 1.35. The van der Waals surface area contributed by atoms with Crippen LogP contribution in [-0.4, -0.2) is 16.1 Å². The van der Waals surface area contributed by atoms with E-state index in [1.54, 1.807) is 18.3 Å². The number of non-ortho nitro benzene ring substituents is 1. The molecule has 0 saturated heterocycles. The molecule has 0 bridgehead atoms. The number of nitro benzene ring substituents is 1. The minimum absolute atomic E-state index is 0.0527. The van der Waals surface area contributed by atoms with Crippen LogP contribution in [0.25, 0.3) is 11.3 Å². The van der Waals surface area contributed by atoms with E-state index in [0.29, 0.717) is 11.7 Å². The minimum Gasteiger partial charge on any atom is -0.489 e. The topological polar surface area (TPSA) is 89.7 Å². The van der Waals surface area contributed by atoms with E-state index < -0.39 is 4.92 Å². The molecule has 0 spiro atoms. The van der Waals surface area contributed by atoms with Gasteiger partial charge in [0.2, 0.25) is 5.13 Å². The molecule has 0 aliphatic heterocycles. The lowest BCUT2D eigenvalue weighted by atomic mass is 10.1. The molecule has 0 amide bonds. The molecule has 154 valence electrons. The van der Waals surface area contributed by atoms with Crippen molar-refractivity contribution in [2.45, 2.75) is 6.61 Å². The fourth-order valence-corrected chi connectivity index (χ4v) is 3.47. The number of thiazole rings is 1. The number of nitro groups is 1. The molecular weight excluding hydrogens is 412 g/mol. The largest absolute Gasteiger partial charge is 0.489 e. The quantitative estimate of drug-likeness (QED) is 0.219. The number of ether oxygens (including phenoxy) is 1. The molecule has 1 aromatic heterocycles. The van der Waals surface area contributed by atoms with Gasteiger partial charge < -0.3 is 4.74 Å². The van der Waals surface area contributed by atoms with E-state index >= 15 is 0 Å². The molecule has 31 heavy (non-hydrogen) atoms. The Hall–Kier alpha value is -4.04. The van der Waals surface area contributed by atoms with Crippen LogP contribution in [0.1, 0.15) is 11.1 Å². The normalized spacial score (nSPS) is 10.8. The Bertz CT molecular complexity index is 1190. The van der Waals surface area contributed by atoms with E-state index in [-0.39, 0.29) is 5.69 Å². The van der Waals surface area contributed by atoms with E-state index in [9.17, 15) is 10.1 Å². The lowest BCUT2D eigenvalue weighted by Crippen LogP contribution is -1.96. The van der Waals surface area contributed by atoms with Crippen LogP contribution in [0.4, 0.5) is 10.8 Å². The first-order chi connectivity index (χ1) is 15.2. The van der Waals surface area contributed by atoms with Crippen LogP contribution < -0.4 is 10.2 Å². The van der Waals surface area contributed by atoms with Crippen LogP contribution in [0, 0.1) is 10.1 Å². The fourth-order valence-electron chi connectivity index (χ4n) is 2.80. The first-order valence-electron chi connectivity index (χ1n) is 9.43. The summed E-state index contributed by atoms with van der Waals surface area (Å²) < 4.78 is 5.84. The zero-order chi connectivity index (χ0) is 21.5. The smallest absolute Gasteiger partial charge is 0.269 e. The number of hydrogen-bond acceptors (Lipinski definition) is 7. The van der Waals surface area contributed by atoms with Gasteiger partial charge in [-0.25, -0.2) is 4.98 Å². The van der Waals surface area contributed by atoms with Crippen molar-refractivity contribution in [3.8, 4) is 17.0 Å². The highest BCUT2D eigenvalue weighted by Crippen LogP contribution is 2.26. The summed E-state index contributed by atoms with van der Waals surface area (Å²) in [6.07, 6.45) is 1.70. The van der Waals surface area contributed by atoms with Crippen molar-refractivity contribution in [2.24, 2.45) is 5.10 Å². The molecule has 0 atom stereocenters. The van der Waals surface area contributed by atoms with Gasteiger partial charge in [-0.3, -0.25) is 15.5 Å². The van der Waals surface area contributed by atoms with Crippen LogP contribution in [0.2, 0.25) is 0 Å². The van der Waals surface area contributed by atoms with Crippen molar-refractivity contribution < 1.29 is 9.66 Å². The number of aromatic nitrogens is 1. The van der Waals surface area contributed by atoms with Crippen LogP contribution in [-0.2, 0) is 6.61 Å². The van der Waals surface area contributed by atoms with Crippen molar-refractivity contribution in [1.29, 1.82) is 0 Å². The number of hydrogen-bond donors (Lipinski definition) is 1. The van der Waals surface area contributed by atoms with Gasteiger partial charge in [-0.1, -0.05) is 42.5 Å². The van der Waals surface area contributed by atoms with Gasteiger partial charge in [-0.05, 0) is 35.4 Å². The van der Waals surface area contributed by atoms with Gasteiger partial charge in [0.15, 0.2) is 0 Å². The molecule has 0 unspecified atom stereocenters. The summed E-state index contributed by atoms with van der Waals surface area (Å²) in [5.41, 5.74) is 6.51. The Morgan fingerprint density at radius 1 is 1.06 bits per heavy atom. The Kier molecular flexibility index (Phi) is 6.29. The van der Waals surface area contributed by atoms with Crippen LogP contribution in [0.15, 0.2) is 89.3 Å². The van der Waals surface area contributed by atoms with Gasteiger partial charge in [0.05, 0.1) is 16.8 Å². The SMILES string of the molecule is O=[N+]([O-])c1ccc(-c2csc(N/N=C/c3cccc(OCc4ccccc4)c3)n2)cc1. The third-order valence-corrected chi connectivity index (χ3v) is 5.11. The third kappa shape index (κ3) is 5.52. The molecule has 0 saturated carbocycles. The summed E-state index contributed by atoms with van der Waals surface area (Å²) in [6.45, 7) is 0.504. The van der Waals surface area contributed by atoms with Crippen LogP contribution in [0.3, 0.4) is 0 Å². The first kappa shape index (κ1) is 20.2. The summed E-state index contributed by atoms with van der Waals surface area (Å²) >= 11 is 1.40. The maximum atomic E-state index is 10.8. The highest BCUT2D eigenvalue weighted by molar-refractivity contribution is 7.14. The second-order valence-corrected chi connectivity index (χ2v) is 7.42. The zero-order valence-electron chi connectivity index (χ0n) is 16.3. The maximum Gasteiger partial charge on any atom is 0.269 e. The van der Waals surface area contributed by atoms with Crippen LogP contribution in [0.5, 0.6) is 5.75 Å². The van der Waals surface area contributed by atoms with Crippen molar-refractivity contribution >= 4 is 28.4 Å². The van der Waals surface area contributed by atoms with Gasteiger partial charge >= 0.3 is 0 Å². The average molecular weight is 430 g/mol. The van der Waals surface area contributed by atoms with E-state index in [1.807, 2.05) is 60.0 Å². The summed E-state index contributed by atoms with van der Waals surface area (Å²) in [4.78, 5) is 14.8. The summed E-state index contributed by atoms with van der Waals surface area (Å²) in [7, 11) is 0. The average Bonchev–Trinajstić information content (AvgIpc) is 3.28.